The van der Waals surface area contributed by atoms with E-state index in [0.717, 1.165) is 0 Å². The van der Waals surface area contributed by atoms with E-state index in [1.165, 1.54) is 23.0 Å². The Balaban J connectivity index is 1.66. The highest BCUT2D eigenvalue weighted by atomic mass is 35.5. The number of nitrogens with zero attached hydrogens (tertiary/aromatic N) is 2. The zero-order valence-electron chi connectivity index (χ0n) is 14.8. The summed E-state index contributed by atoms with van der Waals surface area (Å²) >= 11 is 5.83. The third-order valence-electron chi connectivity index (χ3n) is 4.39. The molecule has 1 saturated heterocycles. The van der Waals surface area contributed by atoms with E-state index in [1.807, 2.05) is 0 Å². The summed E-state index contributed by atoms with van der Waals surface area (Å²) in [7, 11) is -3.36. The van der Waals surface area contributed by atoms with Gasteiger partial charge in [0.2, 0.25) is 10.0 Å². The third-order valence-corrected chi connectivity index (χ3v) is 6.01. The highest BCUT2D eigenvalue weighted by Crippen LogP contribution is 2.24. The fraction of sp³-hybridized carbons (Fsp3) is 0.471. The molecule has 27 heavy (non-hydrogen) atoms. The van der Waals surface area contributed by atoms with Crippen LogP contribution in [-0.4, -0.2) is 49.8 Å². The van der Waals surface area contributed by atoms with Crippen molar-refractivity contribution in [3.8, 4) is 11.4 Å². The normalized spacial score (nSPS) is 20.6. The van der Waals surface area contributed by atoms with Crippen LogP contribution in [0.15, 0.2) is 30.6 Å². The molecule has 0 amide bonds. The van der Waals surface area contributed by atoms with Crippen molar-refractivity contribution in [1.82, 2.24) is 14.5 Å². The minimum absolute atomic E-state index is 0.00931. The first-order chi connectivity index (χ1) is 12.9. The molecule has 3 rings (SSSR count). The molecule has 1 aliphatic rings. The van der Waals surface area contributed by atoms with Gasteiger partial charge in [0.05, 0.1) is 41.9 Å². The Morgan fingerprint density at radius 3 is 2.96 bits per heavy atom. The Morgan fingerprint density at radius 1 is 1.48 bits per heavy atom. The zero-order chi connectivity index (χ0) is 19.4. The van der Waals surface area contributed by atoms with Gasteiger partial charge in [0.25, 0.3) is 0 Å². The SMILES string of the molecule is CCS(=O)(=O)N[C@H]1COCC[C@@H]1COc1ccc(-n2cc(Cl)cn2)cc1F. The molecule has 2 aromatic rings. The van der Waals surface area contributed by atoms with E-state index in [-0.39, 0.29) is 30.6 Å². The van der Waals surface area contributed by atoms with Crippen LogP contribution in [0.1, 0.15) is 13.3 Å². The number of ether oxygens (including phenoxy) is 2. The zero-order valence-corrected chi connectivity index (χ0v) is 16.3. The van der Waals surface area contributed by atoms with Crippen molar-refractivity contribution in [1.29, 1.82) is 0 Å². The van der Waals surface area contributed by atoms with Gasteiger partial charge in [-0.25, -0.2) is 22.2 Å². The molecule has 148 valence electrons. The number of rotatable bonds is 7. The molecule has 0 spiro atoms. The summed E-state index contributed by atoms with van der Waals surface area (Å²) in [4.78, 5) is 0. The van der Waals surface area contributed by atoms with E-state index in [2.05, 4.69) is 9.82 Å². The molecule has 2 heterocycles. The first kappa shape index (κ1) is 20.1. The van der Waals surface area contributed by atoms with Gasteiger partial charge in [0.15, 0.2) is 11.6 Å². The number of aromatic nitrogens is 2. The molecule has 0 saturated carbocycles. The molecule has 7 nitrogen and oxygen atoms in total. The van der Waals surface area contributed by atoms with Crippen LogP contribution in [0.2, 0.25) is 5.02 Å². The Labute approximate surface area is 162 Å². The van der Waals surface area contributed by atoms with Crippen LogP contribution in [0.3, 0.4) is 0 Å². The number of sulfonamides is 1. The molecule has 1 aliphatic heterocycles. The number of hydrogen-bond acceptors (Lipinski definition) is 5. The quantitative estimate of drug-likeness (QED) is 0.748. The van der Waals surface area contributed by atoms with Crippen molar-refractivity contribution < 1.29 is 22.3 Å². The highest BCUT2D eigenvalue weighted by molar-refractivity contribution is 7.89. The summed E-state index contributed by atoms with van der Waals surface area (Å²) in [5, 5.41) is 4.48. The van der Waals surface area contributed by atoms with E-state index < -0.39 is 21.9 Å². The van der Waals surface area contributed by atoms with E-state index in [4.69, 9.17) is 21.1 Å². The molecular weight excluding hydrogens is 397 g/mol. The average molecular weight is 418 g/mol. The lowest BCUT2D eigenvalue weighted by Gasteiger charge is -2.31. The maximum Gasteiger partial charge on any atom is 0.211 e. The van der Waals surface area contributed by atoms with Gasteiger partial charge in [-0.05, 0) is 25.5 Å². The van der Waals surface area contributed by atoms with Gasteiger partial charge in [0.1, 0.15) is 0 Å². The van der Waals surface area contributed by atoms with Crippen LogP contribution in [0.4, 0.5) is 4.39 Å². The predicted molar refractivity (Wildman–Crippen MR) is 99.3 cm³/mol. The monoisotopic (exact) mass is 417 g/mol. The molecule has 1 aromatic heterocycles. The van der Waals surface area contributed by atoms with Crippen LogP contribution in [0, 0.1) is 11.7 Å². The van der Waals surface area contributed by atoms with E-state index in [1.54, 1.807) is 19.2 Å². The summed E-state index contributed by atoms with van der Waals surface area (Å²) in [6.07, 6.45) is 3.66. The molecular formula is C17H21ClFN3O4S. The Morgan fingerprint density at radius 2 is 2.30 bits per heavy atom. The Bertz CT molecular complexity index is 890. The van der Waals surface area contributed by atoms with Gasteiger partial charge in [-0.15, -0.1) is 0 Å². The van der Waals surface area contributed by atoms with Crippen molar-refractivity contribution in [2.75, 3.05) is 25.6 Å². The minimum atomic E-state index is -3.36. The molecule has 1 aromatic carbocycles. The topological polar surface area (TPSA) is 82.5 Å². The number of nitrogens with one attached hydrogen (secondary N) is 1. The van der Waals surface area contributed by atoms with E-state index >= 15 is 0 Å². The second kappa shape index (κ2) is 8.55. The van der Waals surface area contributed by atoms with E-state index in [9.17, 15) is 12.8 Å². The van der Waals surface area contributed by atoms with Crippen molar-refractivity contribution in [2.45, 2.75) is 19.4 Å². The van der Waals surface area contributed by atoms with Gasteiger partial charge < -0.3 is 9.47 Å². The molecule has 10 heteroatoms. The minimum Gasteiger partial charge on any atom is -0.490 e. The molecule has 2 atom stereocenters. The number of hydrogen-bond donors (Lipinski definition) is 1. The second-order valence-corrected chi connectivity index (χ2v) is 8.76. The van der Waals surface area contributed by atoms with Crippen molar-refractivity contribution in [3.63, 3.8) is 0 Å². The van der Waals surface area contributed by atoms with Crippen molar-refractivity contribution >= 4 is 21.6 Å². The van der Waals surface area contributed by atoms with Gasteiger partial charge in [0, 0.05) is 24.8 Å². The molecule has 0 aliphatic carbocycles. The van der Waals surface area contributed by atoms with Crippen LogP contribution >= 0.6 is 11.6 Å². The Kier molecular flexibility index (Phi) is 6.36. The summed E-state index contributed by atoms with van der Waals surface area (Å²) in [6.45, 7) is 2.54. The fourth-order valence-electron chi connectivity index (χ4n) is 2.81. The molecule has 0 bridgehead atoms. The molecule has 0 unspecified atom stereocenters. The maximum atomic E-state index is 14.4. The second-order valence-electron chi connectivity index (χ2n) is 6.28. The van der Waals surface area contributed by atoms with Gasteiger partial charge in [-0.2, -0.15) is 5.10 Å². The van der Waals surface area contributed by atoms with Gasteiger partial charge in [-0.1, -0.05) is 11.6 Å². The average Bonchev–Trinajstić information content (AvgIpc) is 3.08. The third kappa shape index (κ3) is 5.19. The van der Waals surface area contributed by atoms with Gasteiger partial charge in [-0.3, -0.25) is 0 Å². The largest absolute Gasteiger partial charge is 0.490 e. The predicted octanol–water partition coefficient (Wildman–Crippen LogP) is 2.39. The first-order valence-electron chi connectivity index (χ1n) is 8.58. The summed E-state index contributed by atoms with van der Waals surface area (Å²) in [5.74, 6) is -0.550. The van der Waals surface area contributed by atoms with E-state index in [0.29, 0.717) is 23.7 Å². The van der Waals surface area contributed by atoms with Crippen LogP contribution < -0.4 is 9.46 Å². The molecule has 1 fully saturated rings. The number of halogens is 2. The Hall–Kier alpha value is -1.68. The van der Waals surface area contributed by atoms with Crippen molar-refractivity contribution in [2.24, 2.45) is 5.92 Å². The number of benzene rings is 1. The molecule has 1 N–H and O–H groups in total. The van der Waals surface area contributed by atoms with Gasteiger partial charge >= 0.3 is 0 Å². The summed E-state index contributed by atoms with van der Waals surface area (Å²) in [5.41, 5.74) is 0.520. The van der Waals surface area contributed by atoms with Crippen LogP contribution in [-0.2, 0) is 14.8 Å². The lowest BCUT2D eigenvalue weighted by molar-refractivity contribution is 0.0269. The van der Waals surface area contributed by atoms with Crippen LogP contribution in [0.25, 0.3) is 5.69 Å². The molecule has 0 radical (unpaired) electrons. The standard InChI is InChI=1S/C17H21ClFN3O4S/c1-2-27(23,24)21-16-11-25-6-5-12(16)10-26-17-4-3-14(7-15(17)19)22-9-13(18)8-20-22/h3-4,7-9,12,16,21H,2,5-6,10-11H2,1H3/t12-,16+/m1/s1. The smallest absolute Gasteiger partial charge is 0.211 e. The first-order valence-corrected chi connectivity index (χ1v) is 10.6. The highest BCUT2D eigenvalue weighted by Gasteiger charge is 2.29. The lowest BCUT2D eigenvalue weighted by Crippen LogP contribution is -2.48. The summed E-state index contributed by atoms with van der Waals surface area (Å²) in [6, 6.07) is 4.10. The van der Waals surface area contributed by atoms with Crippen LogP contribution in [0.5, 0.6) is 5.75 Å². The van der Waals surface area contributed by atoms with Crippen molar-refractivity contribution in [3.05, 3.63) is 41.4 Å². The maximum absolute atomic E-state index is 14.4. The summed E-state index contributed by atoms with van der Waals surface area (Å²) < 4.78 is 53.1. The lowest BCUT2D eigenvalue weighted by atomic mass is 9.97. The fourth-order valence-corrected chi connectivity index (χ4v) is 3.84.